The molecule has 1 amide bonds. The van der Waals surface area contributed by atoms with E-state index in [9.17, 15) is 9.18 Å². The van der Waals surface area contributed by atoms with E-state index in [0.29, 0.717) is 5.56 Å². The SMILES string of the molecule is NC1C(=O)Nc2c1ccc(Cl)c2F. The van der Waals surface area contributed by atoms with E-state index in [1.165, 1.54) is 6.07 Å². The van der Waals surface area contributed by atoms with Crippen molar-refractivity contribution in [3.05, 3.63) is 28.5 Å². The Kier molecular flexibility index (Phi) is 1.75. The zero-order valence-corrected chi connectivity index (χ0v) is 7.23. The number of nitrogens with two attached hydrogens (primary N) is 1. The van der Waals surface area contributed by atoms with Crippen LogP contribution in [0, 0.1) is 5.82 Å². The Morgan fingerprint density at radius 3 is 2.92 bits per heavy atom. The van der Waals surface area contributed by atoms with Crippen molar-refractivity contribution in [1.29, 1.82) is 0 Å². The molecule has 3 nitrogen and oxygen atoms in total. The molecule has 5 heteroatoms. The highest BCUT2D eigenvalue weighted by molar-refractivity contribution is 6.31. The van der Waals surface area contributed by atoms with Crippen LogP contribution >= 0.6 is 11.6 Å². The number of anilines is 1. The molecule has 13 heavy (non-hydrogen) atoms. The van der Waals surface area contributed by atoms with Gasteiger partial charge < -0.3 is 11.1 Å². The number of nitrogens with one attached hydrogen (secondary N) is 1. The molecule has 3 N–H and O–H groups in total. The van der Waals surface area contributed by atoms with Gasteiger partial charge in [0.2, 0.25) is 5.91 Å². The first-order valence-corrected chi connectivity index (χ1v) is 4.03. The van der Waals surface area contributed by atoms with Crippen molar-refractivity contribution in [1.82, 2.24) is 0 Å². The van der Waals surface area contributed by atoms with Gasteiger partial charge in [-0.1, -0.05) is 17.7 Å². The zero-order chi connectivity index (χ0) is 9.59. The van der Waals surface area contributed by atoms with Gasteiger partial charge in [0.25, 0.3) is 0 Å². The maximum atomic E-state index is 13.2. The number of halogens is 2. The van der Waals surface area contributed by atoms with Gasteiger partial charge in [-0.15, -0.1) is 0 Å². The highest BCUT2D eigenvalue weighted by atomic mass is 35.5. The predicted molar refractivity (Wildman–Crippen MR) is 47.0 cm³/mol. The van der Waals surface area contributed by atoms with Crippen molar-refractivity contribution in [3.63, 3.8) is 0 Å². The number of benzene rings is 1. The van der Waals surface area contributed by atoms with E-state index in [1.807, 2.05) is 0 Å². The highest BCUT2D eigenvalue weighted by Gasteiger charge is 2.30. The van der Waals surface area contributed by atoms with Crippen LogP contribution in [0.1, 0.15) is 11.6 Å². The molecule has 2 rings (SSSR count). The van der Waals surface area contributed by atoms with E-state index >= 15 is 0 Å². The summed E-state index contributed by atoms with van der Waals surface area (Å²) in [6.45, 7) is 0. The second-order valence-electron chi connectivity index (χ2n) is 2.79. The van der Waals surface area contributed by atoms with Crippen molar-refractivity contribution in [2.24, 2.45) is 5.73 Å². The fourth-order valence-electron chi connectivity index (χ4n) is 1.29. The largest absolute Gasteiger partial charge is 0.322 e. The minimum Gasteiger partial charge on any atom is -0.322 e. The minimum absolute atomic E-state index is 0.0202. The van der Waals surface area contributed by atoms with E-state index in [2.05, 4.69) is 5.32 Å². The summed E-state index contributed by atoms with van der Waals surface area (Å²) in [5.74, 6) is -1.03. The normalized spacial score (nSPS) is 19.9. The number of carbonyl (C=O) groups excluding carboxylic acids is 1. The van der Waals surface area contributed by atoms with E-state index in [0.717, 1.165) is 0 Å². The minimum atomic E-state index is -0.790. The maximum Gasteiger partial charge on any atom is 0.246 e. The summed E-state index contributed by atoms with van der Waals surface area (Å²) in [5, 5.41) is 2.31. The fourth-order valence-corrected chi connectivity index (χ4v) is 1.45. The van der Waals surface area contributed by atoms with E-state index in [-0.39, 0.29) is 10.7 Å². The Balaban J connectivity index is 2.64. The fraction of sp³-hybridized carbons (Fsp3) is 0.125. The Bertz CT molecular complexity index is 394. The summed E-state index contributed by atoms with van der Waals surface area (Å²) < 4.78 is 13.2. The van der Waals surface area contributed by atoms with Gasteiger partial charge in [-0.3, -0.25) is 4.79 Å². The molecule has 0 aliphatic carbocycles. The maximum absolute atomic E-state index is 13.2. The van der Waals surface area contributed by atoms with Crippen molar-refractivity contribution in [2.75, 3.05) is 5.32 Å². The summed E-state index contributed by atoms with van der Waals surface area (Å²) in [7, 11) is 0. The summed E-state index contributed by atoms with van der Waals surface area (Å²) in [4.78, 5) is 11.0. The van der Waals surface area contributed by atoms with Crippen LogP contribution in [0.2, 0.25) is 5.02 Å². The van der Waals surface area contributed by atoms with Gasteiger partial charge in [0.05, 0.1) is 10.7 Å². The molecule has 1 heterocycles. The third-order valence-corrected chi connectivity index (χ3v) is 2.28. The lowest BCUT2D eigenvalue weighted by Gasteiger charge is -2.02. The average Bonchev–Trinajstić information content (AvgIpc) is 2.38. The van der Waals surface area contributed by atoms with E-state index in [1.54, 1.807) is 6.07 Å². The second kappa shape index (κ2) is 2.68. The Morgan fingerprint density at radius 2 is 2.23 bits per heavy atom. The Hall–Kier alpha value is -1.13. The number of amides is 1. The zero-order valence-electron chi connectivity index (χ0n) is 6.47. The number of carbonyl (C=O) groups is 1. The molecule has 0 bridgehead atoms. The van der Waals surface area contributed by atoms with Crippen LogP contribution in [0.3, 0.4) is 0 Å². The summed E-state index contributed by atoms with van der Waals surface area (Å²) in [6.07, 6.45) is 0. The molecule has 0 aromatic heterocycles. The Morgan fingerprint density at radius 1 is 1.54 bits per heavy atom. The third-order valence-electron chi connectivity index (χ3n) is 1.99. The summed E-state index contributed by atoms with van der Waals surface area (Å²) in [6, 6.07) is 2.14. The van der Waals surface area contributed by atoms with Crippen LogP contribution in [0.5, 0.6) is 0 Å². The quantitative estimate of drug-likeness (QED) is 0.666. The van der Waals surface area contributed by atoms with Gasteiger partial charge in [-0.25, -0.2) is 4.39 Å². The molecule has 1 aromatic rings. The number of hydrogen-bond acceptors (Lipinski definition) is 2. The Labute approximate surface area is 78.7 Å². The first-order chi connectivity index (χ1) is 6.11. The van der Waals surface area contributed by atoms with E-state index < -0.39 is 17.8 Å². The van der Waals surface area contributed by atoms with Crippen LogP contribution in [0.25, 0.3) is 0 Å². The van der Waals surface area contributed by atoms with E-state index in [4.69, 9.17) is 17.3 Å². The van der Waals surface area contributed by atoms with Gasteiger partial charge in [-0.2, -0.15) is 0 Å². The molecule has 0 fully saturated rings. The second-order valence-corrected chi connectivity index (χ2v) is 3.20. The number of rotatable bonds is 0. The molecule has 1 aliphatic rings. The van der Waals surface area contributed by atoms with Gasteiger partial charge in [-0.05, 0) is 6.07 Å². The average molecular weight is 201 g/mol. The van der Waals surface area contributed by atoms with Crippen molar-refractivity contribution >= 4 is 23.2 Å². The lowest BCUT2D eigenvalue weighted by molar-refractivity contribution is -0.116. The van der Waals surface area contributed by atoms with Crippen LogP contribution in [-0.4, -0.2) is 5.91 Å². The van der Waals surface area contributed by atoms with Crippen LogP contribution in [0.15, 0.2) is 12.1 Å². The molecule has 68 valence electrons. The first kappa shape index (κ1) is 8.47. The number of fused-ring (bicyclic) bond motifs is 1. The van der Waals surface area contributed by atoms with Crippen molar-refractivity contribution in [3.8, 4) is 0 Å². The molecule has 0 saturated carbocycles. The molecular formula is C8H6ClFN2O. The van der Waals surface area contributed by atoms with Gasteiger partial charge in [0.1, 0.15) is 6.04 Å². The smallest absolute Gasteiger partial charge is 0.246 e. The lowest BCUT2D eigenvalue weighted by Crippen LogP contribution is -2.19. The standard InChI is InChI=1S/C8H6ClFN2O/c9-4-2-1-3-6(11)8(13)12-7(3)5(4)10/h1-2,6H,11H2,(H,12,13). The summed E-state index contributed by atoms with van der Waals surface area (Å²) in [5.41, 5.74) is 6.04. The number of hydrogen-bond donors (Lipinski definition) is 2. The van der Waals surface area contributed by atoms with Crippen LogP contribution in [-0.2, 0) is 4.79 Å². The van der Waals surface area contributed by atoms with Crippen LogP contribution in [0.4, 0.5) is 10.1 Å². The molecule has 0 radical (unpaired) electrons. The van der Waals surface area contributed by atoms with Crippen molar-refractivity contribution in [2.45, 2.75) is 6.04 Å². The highest BCUT2D eigenvalue weighted by Crippen LogP contribution is 2.34. The summed E-state index contributed by atoms with van der Waals surface area (Å²) >= 11 is 5.52. The molecule has 1 atom stereocenters. The van der Waals surface area contributed by atoms with Crippen LogP contribution < -0.4 is 11.1 Å². The molecule has 0 spiro atoms. The topological polar surface area (TPSA) is 55.1 Å². The molecule has 1 aliphatic heterocycles. The van der Waals surface area contributed by atoms with Gasteiger partial charge in [0, 0.05) is 5.56 Å². The molecular weight excluding hydrogens is 195 g/mol. The molecule has 0 saturated heterocycles. The third kappa shape index (κ3) is 1.10. The lowest BCUT2D eigenvalue weighted by atomic mass is 10.1. The molecule has 1 unspecified atom stereocenters. The van der Waals surface area contributed by atoms with Crippen molar-refractivity contribution < 1.29 is 9.18 Å². The molecule has 1 aromatic carbocycles. The predicted octanol–water partition coefficient (Wildman–Crippen LogP) is 1.43. The monoisotopic (exact) mass is 200 g/mol. The van der Waals surface area contributed by atoms with Gasteiger partial charge >= 0.3 is 0 Å². The first-order valence-electron chi connectivity index (χ1n) is 3.65. The van der Waals surface area contributed by atoms with Gasteiger partial charge in [0.15, 0.2) is 5.82 Å².